The Morgan fingerprint density at radius 3 is 2.50 bits per heavy atom. The minimum atomic E-state index is -0.472. The summed E-state index contributed by atoms with van der Waals surface area (Å²) in [6.07, 6.45) is 4.43. The third-order valence-electron chi connectivity index (χ3n) is 3.51. The molecule has 0 radical (unpaired) electrons. The molecule has 0 N–H and O–H groups in total. The number of carbonyl (C=O) groups is 1. The van der Waals surface area contributed by atoms with E-state index >= 15 is 0 Å². The second-order valence-corrected chi connectivity index (χ2v) is 5.50. The molecule has 0 unspecified atom stereocenters. The highest BCUT2D eigenvalue weighted by Gasteiger charge is 2.44. The molecule has 18 heavy (non-hydrogen) atoms. The summed E-state index contributed by atoms with van der Waals surface area (Å²) in [6, 6.07) is 3.61. The van der Waals surface area contributed by atoms with Gasteiger partial charge >= 0.3 is 0 Å². The summed E-state index contributed by atoms with van der Waals surface area (Å²) in [5, 5.41) is 0.572. The number of halogens is 1. The summed E-state index contributed by atoms with van der Waals surface area (Å²) in [7, 11) is 0. The van der Waals surface area contributed by atoms with E-state index in [-0.39, 0.29) is 5.78 Å². The van der Waals surface area contributed by atoms with Crippen molar-refractivity contribution >= 4 is 17.4 Å². The van der Waals surface area contributed by atoms with Crippen LogP contribution in [0.1, 0.15) is 38.2 Å². The van der Waals surface area contributed by atoms with E-state index in [1.165, 1.54) is 0 Å². The Morgan fingerprint density at radius 2 is 1.89 bits per heavy atom. The number of Topliss-reactive ketones (excluding diaryl/α,β-unsaturated/α-hetero) is 1. The average molecular weight is 267 g/mol. The Bertz CT molecular complexity index is 504. The first-order valence-corrected chi connectivity index (χ1v) is 6.66. The van der Waals surface area contributed by atoms with Crippen LogP contribution in [0, 0.1) is 0 Å². The van der Waals surface area contributed by atoms with Crippen molar-refractivity contribution in [3.8, 4) is 11.5 Å². The molecule has 0 saturated heterocycles. The Morgan fingerprint density at radius 1 is 1.28 bits per heavy atom. The van der Waals surface area contributed by atoms with Gasteiger partial charge in [-0.25, -0.2) is 0 Å². The molecule has 0 atom stereocenters. The number of hydrogen-bond donors (Lipinski definition) is 0. The van der Waals surface area contributed by atoms with Crippen LogP contribution < -0.4 is 9.47 Å². The molecule has 0 amide bonds. The van der Waals surface area contributed by atoms with E-state index in [1.54, 1.807) is 13.0 Å². The largest absolute Gasteiger partial charge is 0.448 e. The lowest BCUT2D eigenvalue weighted by Gasteiger charge is -2.21. The number of fused-ring (bicyclic) bond motifs is 1. The van der Waals surface area contributed by atoms with Gasteiger partial charge in [-0.15, -0.1) is 0 Å². The standard InChI is InChI=1S/C14H15ClO3/c1-9(16)6-10-7-12-13(8-11(10)15)18-14(17-12)4-2-3-5-14/h7-8H,2-6H2,1H3. The molecule has 3 nitrogen and oxygen atoms in total. The second kappa shape index (κ2) is 4.16. The van der Waals surface area contributed by atoms with E-state index in [1.807, 2.05) is 6.07 Å². The van der Waals surface area contributed by atoms with Crippen LogP contribution in [0.5, 0.6) is 11.5 Å². The monoisotopic (exact) mass is 266 g/mol. The van der Waals surface area contributed by atoms with E-state index in [2.05, 4.69) is 0 Å². The van der Waals surface area contributed by atoms with Crippen LogP contribution in [0.2, 0.25) is 5.02 Å². The van der Waals surface area contributed by atoms with Gasteiger partial charge in [0.15, 0.2) is 11.5 Å². The molecule has 1 aromatic carbocycles. The van der Waals surface area contributed by atoms with Gasteiger partial charge in [0, 0.05) is 30.4 Å². The molecule has 0 bridgehead atoms. The normalized spacial score (nSPS) is 19.4. The maximum Gasteiger partial charge on any atom is 0.251 e. The summed E-state index contributed by atoms with van der Waals surface area (Å²) < 4.78 is 11.8. The van der Waals surface area contributed by atoms with Crippen molar-refractivity contribution in [3.63, 3.8) is 0 Å². The predicted octanol–water partition coefficient (Wildman–Crippen LogP) is 3.51. The highest BCUT2D eigenvalue weighted by atomic mass is 35.5. The van der Waals surface area contributed by atoms with Crippen molar-refractivity contribution in [2.24, 2.45) is 0 Å². The molecule has 2 aliphatic rings. The number of benzene rings is 1. The first-order chi connectivity index (χ1) is 8.58. The lowest BCUT2D eigenvalue weighted by atomic mass is 10.1. The van der Waals surface area contributed by atoms with Crippen molar-refractivity contribution in [2.45, 2.75) is 44.8 Å². The molecule has 96 valence electrons. The molecular formula is C14H15ClO3. The molecule has 1 aliphatic heterocycles. The zero-order valence-corrected chi connectivity index (χ0v) is 11.0. The number of ketones is 1. The minimum Gasteiger partial charge on any atom is -0.448 e. The molecule has 1 aromatic rings. The van der Waals surface area contributed by atoms with Crippen LogP contribution >= 0.6 is 11.6 Å². The molecule has 0 aromatic heterocycles. The summed E-state index contributed by atoms with van der Waals surface area (Å²) in [4.78, 5) is 11.2. The predicted molar refractivity (Wildman–Crippen MR) is 68.3 cm³/mol. The molecule has 1 spiro atoms. The van der Waals surface area contributed by atoms with Crippen molar-refractivity contribution < 1.29 is 14.3 Å². The Balaban J connectivity index is 1.92. The lowest BCUT2D eigenvalue weighted by Crippen LogP contribution is -2.34. The maximum absolute atomic E-state index is 11.2. The molecule has 1 aliphatic carbocycles. The van der Waals surface area contributed by atoms with Crippen molar-refractivity contribution in [2.75, 3.05) is 0 Å². The average Bonchev–Trinajstić information content (AvgIpc) is 2.86. The number of rotatable bonds is 2. The van der Waals surface area contributed by atoms with Crippen LogP contribution in [0.4, 0.5) is 0 Å². The molecule has 1 heterocycles. The zero-order valence-electron chi connectivity index (χ0n) is 10.3. The summed E-state index contributed by atoms with van der Waals surface area (Å²) >= 11 is 6.16. The molecule has 1 saturated carbocycles. The SMILES string of the molecule is CC(=O)Cc1cc2c(cc1Cl)OC1(CCCC1)O2. The number of carbonyl (C=O) groups excluding carboxylic acids is 1. The number of ether oxygens (including phenoxy) is 2. The smallest absolute Gasteiger partial charge is 0.251 e. The molecule has 1 fully saturated rings. The van der Waals surface area contributed by atoms with E-state index in [0.717, 1.165) is 37.0 Å². The summed E-state index contributed by atoms with van der Waals surface area (Å²) in [6.45, 7) is 1.55. The zero-order chi connectivity index (χ0) is 12.8. The molecular weight excluding hydrogens is 252 g/mol. The van der Waals surface area contributed by atoms with E-state index < -0.39 is 5.79 Å². The highest BCUT2D eigenvalue weighted by Crippen LogP contribution is 2.48. The van der Waals surface area contributed by atoms with Crippen LogP contribution in [0.25, 0.3) is 0 Å². The van der Waals surface area contributed by atoms with Gasteiger partial charge in [0.1, 0.15) is 5.78 Å². The molecule has 4 heteroatoms. The third kappa shape index (κ3) is 1.97. The van der Waals surface area contributed by atoms with Gasteiger partial charge in [-0.1, -0.05) is 11.6 Å². The van der Waals surface area contributed by atoms with E-state index in [0.29, 0.717) is 17.2 Å². The van der Waals surface area contributed by atoms with Crippen molar-refractivity contribution in [1.82, 2.24) is 0 Å². The van der Waals surface area contributed by atoms with Crippen LogP contribution in [-0.2, 0) is 11.2 Å². The Hall–Kier alpha value is -1.22. The summed E-state index contributed by atoms with van der Waals surface area (Å²) in [5.41, 5.74) is 0.807. The minimum absolute atomic E-state index is 0.0892. The maximum atomic E-state index is 11.2. The highest BCUT2D eigenvalue weighted by molar-refractivity contribution is 6.31. The second-order valence-electron chi connectivity index (χ2n) is 5.09. The lowest BCUT2D eigenvalue weighted by molar-refractivity contribution is -0.116. The van der Waals surface area contributed by atoms with Gasteiger partial charge in [0.2, 0.25) is 0 Å². The van der Waals surface area contributed by atoms with Crippen LogP contribution in [-0.4, -0.2) is 11.6 Å². The number of hydrogen-bond acceptors (Lipinski definition) is 3. The van der Waals surface area contributed by atoms with E-state index in [4.69, 9.17) is 21.1 Å². The van der Waals surface area contributed by atoms with Gasteiger partial charge < -0.3 is 9.47 Å². The third-order valence-corrected chi connectivity index (χ3v) is 3.86. The Labute approximate surface area is 111 Å². The van der Waals surface area contributed by atoms with Gasteiger partial charge in [0.25, 0.3) is 5.79 Å². The topological polar surface area (TPSA) is 35.5 Å². The fraction of sp³-hybridized carbons (Fsp3) is 0.500. The first kappa shape index (κ1) is 11.8. The van der Waals surface area contributed by atoms with Crippen molar-refractivity contribution in [1.29, 1.82) is 0 Å². The van der Waals surface area contributed by atoms with Gasteiger partial charge in [-0.05, 0) is 31.4 Å². The quantitative estimate of drug-likeness (QED) is 0.822. The molecule has 3 rings (SSSR count). The van der Waals surface area contributed by atoms with Gasteiger partial charge in [-0.2, -0.15) is 0 Å². The van der Waals surface area contributed by atoms with E-state index in [9.17, 15) is 4.79 Å². The fourth-order valence-corrected chi connectivity index (χ4v) is 2.90. The van der Waals surface area contributed by atoms with Gasteiger partial charge in [0.05, 0.1) is 0 Å². The fourth-order valence-electron chi connectivity index (χ4n) is 2.68. The Kier molecular flexibility index (Phi) is 2.74. The first-order valence-electron chi connectivity index (χ1n) is 6.28. The van der Waals surface area contributed by atoms with Gasteiger partial charge in [-0.3, -0.25) is 4.79 Å². The van der Waals surface area contributed by atoms with Crippen LogP contribution in [0.15, 0.2) is 12.1 Å². The summed E-state index contributed by atoms with van der Waals surface area (Å²) in [5.74, 6) is 1.04. The van der Waals surface area contributed by atoms with Crippen molar-refractivity contribution in [3.05, 3.63) is 22.7 Å². The van der Waals surface area contributed by atoms with Crippen LogP contribution in [0.3, 0.4) is 0 Å².